The zero-order valence-electron chi connectivity index (χ0n) is 10.5. The average Bonchev–Trinajstić information content (AvgIpc) is 2.93. The highest BCUT2D eigenvalue weighted by atomic mass is 32.2. The van der Waals surface area contributed by atoms with E-state index in [0.29, 0.717) is 0 Å². The summed E-state index contributed by atoms with van der Waals surface area (Å²) in [5, 5.41) is 22.0. The molecule has 110 valence electrons. The van der Waals surface area contributed by atoms with E-state index in [0.717, 1.165) is 0 Å². The molecular weight excluding hydrogens is 290 g/mol. The van der Waals surface area contributed by atoms with Crippen molar-refractivity contribution in [2.75, 3.05) is 18.6 Å². The van der Waals surface area contributed by atoms with Crippen molar-refractivity contribution in [3.8, 4) is 0 Å². The number of amides is 1. The molecule has 1 saturated heterocycles. The van der Waals surface area contributed by atoms with Gasteiger partial charge in [-0.2, -0.15) is 0 Å². The molecule has 1 fully saturated rings. The summed E-state index contributed by atoms with van der Waals surface area (Å²) in [6.07, 6.45) is 4.39. The van der Waals surface area contributed by atoms with Crippen molar-refractivity contribution in [2.45, 2.75) is 6.10 Å². The summed E-state index contributed by atoms with van der Waals surface area (Å²) >= 11 is 0. The first kappa shape index (κ1) is 14.2. The van der Waals surface area contributed by atoms with Crippen molar-refractivity contribution in [1.82, 2.24) is 10.4 Å². The predicted molar refractivity (Wildman–Crippen MR) is 69.4 cm³/mol. The Hall–Kier alpha value is -2.23. The fraction of sp³-hybridized carbons (Fsp3) is 0.400. The normalized spacial score (nSPS) is 24.8. The van der Waals surface area contributed by atoms with Crippen molar-refractivity contribution in [3.63, 3.8) is 0 Å². The molecule has 0 aromatic carbocycles. The molecule has 2 aliphatic rings. The second-order valence-corrected chi connectivity index (χ2v) is 5.54. The minimum Gasteiger partial charge on any atom is -0.610 e. The summed E-state index contributed by atoms with van der Waals surface area (Å²) in [7, 11) is -1.06. The first-order valence-corrected chi connectivity index (χ1v) is 7.30. The second kappa shape index (κ2) is 5.82. The first-order valence-electron chi connectivity index (χ1n) is 5.57. The van der Waals surface area contributed by atoms with E-state index in [4.69, 9.17) is 9.47 Å². The van der Waals surface area contributed by atoms with Crippen LogP contribution in [0.5, 0.6) is 0 Å². The highest BCUT2D eigenvalue weighted by Gasteiger charge is 2.31. The number of hydrazine groups is 1. The Balaban J connectivity index is 1.89. The van der Waals surface area contributed by atoms with Gasteiger partial charge in [-0.05, 0) is 6.08 Å². The summed E-state index contributed by atoms with van der Waals surface area (Å²) < 4.78 is 20.9. The van der Waals surface area contributed by atoms with Crippen molar-refractivity contribution >= 4 is 22.8 Å². The second-order valence-electron chi connectivity index (χ2n) is 4.06. The monoisotopic (exact) mass is 302 g/mol. The standard InChI is InChI=1S/C10H12N3O6S/c1-20(17)6-8-5-12(10(14)19-8)11-4-7-2-3-9(18-7)13(15)16/h2-4,8,11H,5-6H2,1H3/q-1. The molecule has 1 N–H and O–H groups in total. The molecule has 0 radical (unpaired) electrons. The topological polar surface area (TPSA) is 117 Å². The minimum atomic E-state index is -1.06. The number of carbonyl (C=O) groups excluding carboxylic acids is 1. The summed E-state index contributed by atoms with van der Waals surface area (Å²) in [4.78, 5) is 10.8. The van der Waals surface area contributed by atoms with Gasteiger partial charge in [-0.25, -0.2) is 9.80 Å². The lowest BCUT2D eigenvalue weighted by atomic mass is 10.4. The van der Waals surface area contributed by atoms with Crippen LogP contribution in [0.1, 0.15) is 0 Å². The Morgan fingerprint density at radius 3 is 2.95 bits per heavy atom. The van der Waals surface area contributed by atoms with Crippen LogP contribution < -0.4 is 5.43 Å². The summed E-state index contributed by atoms with van der Waals surface area (Å²) in [6, 6.07) is 0. The van der Waals surface area contributed by atoms with Gasteiger partial charge in [-0.1, -0.05) is 0 Å². The first-order chi connectivity index (χ1) is 9.45. The van der Waals surface area contributed by atoms with Crippen LogP contribution in [-0.4, -0.2) is 50.8 Å². The zero-order valence-corrected chi connectivity index (χ0v) is 11.3. The van der Waals surface area contributed by atoms with Crippen LogP contribution >= 0.6 is 0 Å². The Morgan fingerprint density at radius 2 is 2.35 bits per heavy atom. The van der Waals surface area contributed by atoms with Crippen molar-refractivity contribution in [3.05, 3.63) is 34.5 Å². The smallest absolute Gasteiger partial charge is 0.429 e. The minimum absolute atomic E-state index is 0.201. The van der Waals surface area contributed by atoms with Crippen LogP contribution in [0.15, 0.2) is 24.1 Å². The molecule has 0 bridgehead atoms. The summed E-state index contributed by atoms with van der Waals surface area (Å²) in [5.41, 5.74) is 2.62. The van der Waals surface area contributed by atoms with E-state index >= 15 is 0 Å². The van der Waals surface area contributed by atoms with Crippen molar-refractivity contribution in [2.24, 2.45) is 0 Å². The molecule has 10 heteroatoms. The van der Waals surface area contributed by atoms with Gasteiger partial charge in [0.25, 0.3) is 0 Å². The highest BCUT2D eigenvalue weighted by molar-refractivity contribution is 7.84. The maximum Gasteiger partial charge on any atom is 0.429 e. The molecule has 0 aliphatic carbocycles. The third kappa shape index (κ3) is 3.41. The molecular formula is C10H12N3O6S-. The molecule has 9 nitrogen and oxygen atoms in total. The maximum absolute atomic E-state index is 11.5. The van der Waals surface area contributed by atoms with Gasteiger partial charge in [0.1, 0.15) is 6.10 Å². The van der Waals surface area contributed by atoms with Gasteiger partial charge in [0.15, 0.2) is 5.76 Å². The number of nitrogens with one attached hydrogen (secondary N) is 1. The number of hydrogen-bond acceptors (Lipinski definition) is 7. The van der Waals surface area contributed by atoms with Crippen molar-refractivity contribution < 1.29 is 23.4 Å². The molecule has 0 spiro atoms. The number of rotatable bonds is 4. The van der Waals surface area contributed by atoms with Gasteiger partial charge < -0.3 is 19.9 Å². The lowest BCUT2D eigenvalue weighted by molar-refractivity contribution is -0.388. The van der Waals surface area contributed by atoms with E-state index in [9.17, 15) is 19.4 Å². The van der Waals surface area contributed by atoms with E-state index in [1.54, 1.807) is 0 Å². The summed E-state index contributed by atoms with van der Waals surface area (Å²) in [5.74, 6) is 0.0733. The Morgan fingerprint density at radius 1 is 1.60 bits per heavy atom. The van der Waals surface area contributed by atoms with Crippen LogP contribution in [0, 0.1) is 10.4 Å². The fourth-order valence-corrected chi connectivity index (χ4v) is 2.33. The van der Waals surface area contributed by atoms with E-state index < -0.39 is 27.9 Å². The molecule has 2 atom stereocenters. The quantitative estimate of drug-likeness (QED) is 0.550. The van der Waals surface area contributed by atoms with Crippen LogP contribution in [0.25, 0.3) is 0 Å². The SMILES string of the molecule is CS(=O)CC1CN(NC=C2C=CC(=[N+]([O-])[O-])O2)C(=O)O1. The third-order valence-electron chi connectivity index (χ3n) is 2.45. The number of hydrogen-bond donors (Lipinski definition) is 1. The molecule has 2 unspecified atom stereocenters. The molecule has 0 aromatic rings. The van der Waals surface area contributed by atoms with Crippen LogP contribution in [-0.2, 0) is 20.3 Å². The average molecular weight is 302 g/mol. The largest absolute Gasteiger partial charge is 0.610 e. The predicted octanol–water partition coefficient (Wildman–Crippen LogP) is -0.475. The molecule has 2 rings (SSSR count). The molecule has 0 aromatic heterocycles. The van der Waals surface area contributed by atoms with Crippen molar-refractivity contribution in [1.29, 1.82) is 0 Å². The molecule has 0 saturated carbocycles. The van der Waals surface area contributed by atoms with Gasteiger partial charge in [0, 0.05) is 17.1 Å². The van der Waals surface area contributed by atoms with Gasteiger partial charge in [-0.3, -0.25) is 9.63 Å². The molecule has 1 amide bonds. The molecule has 20 heavy (non-hydrogen) atoms. The number of ether oxygens (including phenoxy) is 2. The maximum atomic E-state index is 11.5. The molecule has 2 aliphatic heterocycles. The lowest BCUT2D eigenvalue weighted by Crippen LogP contribution is -2.36. The van der Waals surface area contributed by atoms with Crippen LogP contribution in [0.4, 0.5) is 4.79 Å². The van der Waals surface area contributed by atoms with E-state index in [-0.39, 0.29) is 24.0 Å². The van der Waals surface area contributed by atoms with Gasteiger partial charge in [0.2, 0.25) is 0 Å². The van der Waals surface area contributed by atoms with E-state index in [1.165, 1.54) is 29.6 Å². The van der Waals surface area contributed by atoms with Gasteiger partial charge in [0.05, 0.1) is 24.6 Å². The number of nitrogens with zero attached hydrogens (tertiary/aromatic N) is 2. The number of cyclic esters (lactones) is 1. The van der Waals surface area contributed by atoms with Gasteiger partial charge >= 0.3 is 12.0 Å². The zero-order chi connectivity index (χ0) is 14.7. The highest BCUT2D eigenvalue weighted by Crippen LogP contribution is 2.12. The van der Waals surface area contributed by atoms with Gasteiger partial charge in [-0.15, -0.1) is 4.90 Å². The Bertz CT molecular complexity index is 525. The molecule has 2 heterocycles. The summed E-state index contributed by atoms with van der Waals surface area (Å²) in [6.45, 7) is 0.234. The Kier molecular flexibility index (Phi) is 4.13. The Labute approximate surface area is 116 Å². The number of carbonyl (C=O) groups is 1. The number of allylic oxidation sites excluding steroid dienone is 1. The van der Waals surface area contributed by atoms with Crippen LogP contribution in [0.2, 0.25) is 0 Å². The van der Waals surface area contributed by atoms with Crippen LogP contribution in [0.3, 0.4) is 0 Å². The third-order valence-corrected chi connectivity index (χ3v) is 3.29. The fourth-order valence-electron chi connectivity index (χ4n) is 1.64. The van der Waals surface area contributed by atoms with E-state index in [2.05, 4.69) is 5.43 Å². The van der Waals surface area contributed by atoms with E-state index in [1.807, 2.05) is 0 Å². The lowest BCUT2D eigenvalue weighted by Gasteiger charge is -2.12.